The molecule has 1 N–H and O–H groups in total. The average molecular weight is 291 g/mol. The van der Waals surface area contributed by atoms with Crippen molar-refractivity contribution >= 4 is 11.6 Å². The van der Waals surface area contributed by atoms with Gasteiger partial charge in [-0.3, -0.25) is 0 Å². The smallest absolute Gasteiger partial charge is 0.119 e. The van der Waals surface area contributed by atoms with Gasteiger partial charge in [-0.2, -0.15) is 0 Å². The van der Waals surface area contributed by atoms with Crippen molar-refractivity contribution < 1.29 is 9.84 Å². The molecule has 0 spiro atoms. The van der Waals surface area contributed by atoms with Crippen LogP contribution in [0.1, 0.15) is 35.3 Å². The van der Waals surface area contributed by atoms with Crippen molar-refractivity contribution in [3.8, 4) is 5.75 Å². The summed E-state index contributed by atoms with van der Waals surface area (Å²) in [6, 6.07) is 11.3. The normalized spacial score (nSPS) is 12.2. The van der Waals surface area contributed by atoms with E-state index >= 15 is 0 Å². The standard InChI is InChI=1S/C17H19ClO2/c1-4-20-14-7-5-13(6-8-14)17(19)15-9-11(2)12(3)10-16(15)18/h5-10,17,19H,4H2,1-3H3. The highest BCUT2D eigenvalue weighted by Crippen LogP contribution is 2.31. The number of benzene rings is 2. The Labute approximate surface area is 125 Å². The van der Waals surface area contributed by atoms with Crippen LogP contribution in [0.5, 0.6) is 5.75 Å². The summed E-state index contributed by atoms with van der Waals surface area (Å²) in [6.07, 6.45) is -0.725. The third kappa shape index (κ3) is 3.14. The molecule has 2 aromatic rings. The van der Waals surface area contributed by atoms with E-state index in [9.17, 15) is 5.11 Å². The monoisotopic (exact) mass is 290 g/mol. The zero-order valence-corrected chi connectivity index (χ0v) is 12.7. The third-order valence-electron chi connectivity index (χ3n) is 3.41. The van der Waals surface area contributed by atoms with Gasteiger partial charge in [0, 0.05) is 10.6 Å². The molecule has 2 rings (SSSR count). The SMILES string of the molecule is CCOc1ccc(C(O)c2cc(C)c(C)cc2Cl)cc1. The van der Waals surface area contributed by atoms with Crippen LogP contribution >= 0.6 is 11.6 Å². The van der Waals surface area contributed by atoms with Crippen LogP contribution in [0, 0.1) is 13.8 Å². The van der Waals surface area contributed by atoms with Crippen LogP contribution in [0.15, 0.2) is 36.4 Å². The van der Waals surface area contributed by atoms with Gasteiger partial charge in [0.15, 0.2) is 0 Å². The molecule has 0 aliphatic carbocycles. The van der Waals surface area contributed by atoms with Gasteiger partial charge in [0.05, 0.1) is 6.61 Å². The highest BCUT2D eigenvalue weighted by Gasteiger charge is 2.15. The minimum absolute atomic E-state index is 0.592. The first-order chi connectivity index (χ1) is 9.52. The molecule has 0 radical (unpaired) electrons. The highest BCUT2D eigenvalue weighted by atomic mass is 35.5. The van der Waals surface area contributed by atoms with Crippen LogP contribution in [0.2, 0.25) is 5.02 Å². The summed E-state index contributed by atoms with van der Waals surface area (Å²) in [7, 11) is 0. The van der Waals surface area contributed by atoms with E-state index in [2.05, 4.69) is 0 Å². The molecule has 1 unspecified atom stereocenters. The van der Waals surface area contributed by atoms with Gasteiger partial charge in [0.25, 0.3) is 0 Å². The molecule has 0 heterocycles. The number of hydrogen-bond donors (Lipinski definition) is 1. The van der Waals surface area contributed by atoms with Gasteiger partial charge in [-0.15, -0.1) is 0 Å². The minimum atomic E-state index is -0.725. The predicted octanol–water partition coefficient (Wildman–Crippen LogP) is 4.44. The first-order valence-corrected chi connectivity index (χ1v) is 7.08. The summed E-state index contributed by atoms with van der Waals surface area (Å²) in [4.78, 5) is 0. The number of rotatable bonds is 4. The number of aliphatic hydroxyl groups excluding tert-OH is 1. The number of aliphatic hydroxyl groups is 1. The largest absolute Gasteiger partial charge is 0.494 e. The van der Waals surface area contributed by atoms with Crippen LogP contribution in [0.3, 0.4) is 0 Å². The summed E-state index contributed by atoms with van der Waals surface area (Å²) in [5, 5.41) is 11.1. The lowest BCUT2D eigenvalue weighted by Crippen LogP contribution is -2.02. The van der Waals surface area contributed by atoms with E-state index in [1.807, 2.05) is 57.2 Å². The molecule has 2 nitrogen and oxygen atoms in total. The molecule has 1 atom stereocenters. The van der Waals surface area contributed by atoms with Gasteiger partial charge in [-0.1, -0.05) is 29.8 Å². The Hall–Kier alpha value is -1.51. The molecule has 3 heteroatoms. The fourth-order valence-corrected chi connectivity index (χ4v) is 2.43. The maximum atomic E-state index is 10.5. The molecule has 0 aliphatic heterocycles. The van der Waals surface area contributed by atoms with E-state index in [1.54, 1.807) is 0 Å². The second-order valence-corrected chi connectivity index (χ2v) is 5.27. The molecule has 0 fully saturated rings. The molecule has 0 aromatic heterocycles. The Morgan fingerprint density at radius 3 is 2.30 bits per heavy atom. The number of halogens is 1. The Kier molecular flexibility index (Phi) is 4.69. The van der Waals surface area contributed by atoms with Crippen molar-refractivity contribution in [2.24, 2.45) is 0 Å². The summed E-state index contributed by atoms with van der Waals surface area (Å²) >= 11 is 6.24. The van der Waals surface area contributed by atoms with Crippen LogP contribution < -0.4 is 4.74 Å². The van der Waals surface area contributed by atoms with Crippen molar-refractivity contribution in [2.75, 3.05) is 6.61 Å². The van der Waals surface area contributed by atoms with Crippen molar-refractivity contribution in [1.82, 2.24) is 0 Å². The molecular weight excluding hydrogens is 272 g/mol. The van der Waals surface area contributed by atoms with E-state index in [4.69, 9.17) is 16.3 Å². The Balaban J connectivity index is 2.31. The lowest BCUT2D eigenvalue weighted by Gasteiger charge is -2.15. The second kappa shape index (κ2) is 6.29. The fraction of sp³-hybridized carbons (Fsp3) is 0.294. The molecule has 106 valence electrons. The topological polar surface area (TPSA) is 29.5 Å². The Bertz CT molecular complexity index is 591. The van der Waals surface area contributed by atoms with E-state index in [0.29, 0.717) is 11.6 Å². The van der Waals surface area contributed by atoms with Gasteiger partial charge in [0.1, 0.15) is 11.9 Å². The van der Waals surface area contributed by atoms with Crippen molar-refractivity contribution in [2.45, 2.75) is 26.9 Å². The van der Waals surface area contributed by atoms with E-state index in [-0.39, 0.29) is 0 Å². The van der Waals surface area contributed by atoms with Gasteiger partial charge in [0.2, 0.25) is 0 Å². The van der Waals surface area contributed by atoms with E-state index < -0.39 is 6.10 Å². The fourth-order valence-electron chi connectivity index (χ4n) is 2.11. The Morgan fingerprint density at radius 2 is 1.70 bits per heavy atom. The molecule has 0 amide bonds. The summed E-state index contributed by atoms with van der Waals surface area (Å²) in [5.74, 6) is 0.801. The van der Waals surface area contributed by atoms with Crippen LogP contribution in [0.25, 0.3) is 0 Å². The third-order valence-corrected chi connectivity index (χ3v) is 3.74. The van der Waals surface area contributed by atoms with Crippen molar-refractivity contribution in [1.29, 1.82) is 0 Å². The molecule has 0 aliphatic rings. The zero-order valence-electron chi connectivity index (χ0n) is 12.0. The predicted molar refractivity (Wildman–Crippen MR) is 82.6 cm³/mol. The molecular formula is C17H19ClO2. The quantitative estimate of drug-likeness (QED) is 0.902. The molecule has 0 saturated carbocycles. The second-order valence-electron chi connectivity index (χ2n) is 4.86. The average Bonchev–Trinajstić information content (AvgIpc) is 2.43. The summed E-state index contributed by atoms with van der Waals surface area (Å²) in [6.45, 7) is 6.59. The lowest BCUT2D eigenvalue weighted by atomic mass is 9.98. The molecule has 0 bridgehead atoms. The minimum Gasteiger partial charge on any atom is -0.494 e. The first kappa shape index (κ1) is 14.9. The van der Waals surface area contributed by atoms with E-state index in [1.165, 1.54) is 0 Å². The molecule has 0 saturated heterocycles. The van der Waals surface area contributed by atoms with Crippen molar-refractivity contribution in [3.05, 3.63) is 63.7 Å². The van der Waals surface area contributed by atoms with Gasteiger partial charge in [-0.05, 0) is 55.7 Å². The van der Waals surface area contributed by atoms with E-state index in [0.717, 1.165) is 28.0 Å². The maximum absolute atomic E-state index is 10.5. The van der Waals surface area contributed by atoms with Crippen LogP contribution in [-0.4, -0.2) is 11.7 Å². The number of hydrogen-bond acceptors (Lipinski definition) is 2. The lowest BCUT2D eigenvalue weighted by molar-refractivity contribution is 0.220. The number of aryl methyl sites for hydroxylation is 2. The number of ether oxygens (including phenoxy) is 1. The van der Waals surface area contributed by atoms with Crippen molar-refractivity contribution in [3.63, 3.8) is 0 Å². The Morgan fingerprint density at radius 1 is 1.10 bits per heavy atom. The van der Waals surface area contributed by atoms with Crippen LogP contribution in [0.4, 0.5) is 0 Å². The summed E-state index contributed by atoms with van der Waals surface area (Å²) < 4.78 is 5.40. The molecule has 20 heavy (non-hydrogen) atoms. The van der Waals surface area contributed by atoms with Gasteiger partial charge in [-0.25, -0.2) is 0 Å². The maximum Gasteiger partial charge on any atom is 0.119 e. The van der Waals surface area contributed by atoms with Crippen LogP contribution in [-0.2, 0) is 0 Å². The highest BCUT2D eigenvalue weighted by molar-refractivity contribution is 6.31. The summed E-state index contributed by atoms with van der Waals surface area (Å²) in [5.41, 5.74) is 3.78. The van der Waals surface area contributed by atoms with Gasteiger partial charge < -0.3 is 9.84 Å². The molecule has 2 aromatic carbocycles. The van der Waals surface area contributed by atoms with Gasteiger partial charge >= 0.3 is 0 Å². The first-order valence-electron chi connectivity index (χ1n) is 6.70. The zero-order chi connectivity index (χ0) is 14.7.